The summed E-state index contributed by atoms with van der Waals surface area (Å²) in [5.41, 5.74) is 3.39. The average molecular weight is 401 g/mol. The summed E-state index contributed by atoms with van der Waals surface area (Å²) in [7, 11) is 1.64. The molecule has 0 fully saturated rings. The van der Waals surface area contributed by atoms with Gasteiger partial charge in [0.1, 0.15) is 5.15 Å². The third-order valence-electron chi connectivity index (χ3n) is 4.62. The Bertz CT molecular complexity index is 1040. The van der Waals surface area contributed by atoms with E-state index in [1.54, 1.807) is 37.4 Å². The van der Waals surface area contributed by atoms with Crippen LogP contribution in [-0.4, -0.2) is 41.6 Å². The van der Waals surface area contributed by atoms with Crippen molar-refractivity contribution in [1.29, 1.82) is 0 Å². The number of ether oxygens (including phenoxy) is 2. The van der Waals surface area contributed by atoms with Crippen molar-refractivity contribution in [2.45, 2.75) is 20.4 Å². The highest BCUT2D eigenvalue weighted by atomic mass is 35.5. The minimum absolute atomic E-state index is 0.237. The Morgan fingerprint density at radius 2 is 1.93 bits per heavy atom. The number of benzene rings is 1. The van der Waals surface area contributed by atoms with Gasteiger partial charge in [0.15, 0.2) is 6.61 Å². The molecule has 0 saturated heterocycles. The molecule has 0 amide bonds. The van der Waals surface area contributed by atoms with Crippen molar-refractivity contribution in [1.82, 2.24) is 9.55 Å². The van der Waals surface area contributed by atoms with E-state index in [9.17, 15) is 9.59 Å². The molecule has 0 radical (unpaired) electrons. The van der Waals surface area contributed by atoms with Crippen molar-refractivity contribution in [2.75, 3.05) is 20.3 Å². The van der Waals surface area contributed by atoms with Crippen LogP contribution in [0.15, 0.2) is 36.4 Å². The smallest absolute Gasteiger partial charge is 0.338 e. The zero-order chi connectivity index (χ0) is 20.3. The van der Waals surface area contributed by atoms with Crippen molar-refractivity contribution in [3.63, 3.8) is 0 Å². The number of ketones is 1. The normalized spacial score (nSPS) is 11.0. The molecule has 3 rings (SSSR count). The second-order valence-corrected chi connectivity index (χ2v) is 6.86. The molecule has 0 bridgehead atoms. The number of carbonyl (C=O) groups excluding carboxylic acids is 2. The molecule has 2 heterocycles. The van der Waals surface area contributed by atoms with E-state index in [1.165, 1.54) is 0 Å². The topological polar surface area (TPSA) is 70.4 Å². The number of Topliss-reactive ketones (excluding diaryl/α,β-unsaturated/α-hetero) is 1. The Balaban J connectivity index is 1.69. The lowest BCUT2D eigenvalue weighted by molar-refractivity contribution is 0.0474. The van der Waals surface area contributed by atoms with Crippen LogP contribution in [-0.2, 0) is 16.0 Å². The van der Waals surface area contributed by atoms with E-state index in [1.807, 2.05) is 24.5 Å². The lowest BCUT2D eigenvalue weighted by Crippen LogP contribution is -2.15. The largest absolute Gasteiger partial charge is 0.454 e. The van der Waals surface area contributed by atoms with E-state index in [-0.39, 0.29) is 12.4 Å². The van der Waals surface area contributed by atoms with Crippen LogP contribution < -0.4 is 0 Å². The maximum atomic E-state index is 12.5. The van der Waals surface area contributed by atoms with Crippen LogP contribution in [0.3, 0.4) is 0 Å². The highest BCUT2D eigenvalue weighted by Gasteiger charge is 2.18. The number of rotatable bonds is 7. The monoisotopic (exact) mass is 400 g/mol. The minimum Gasteiger partial charge on any atom is -0.454 e. The predicted molar refractivity (Wildman–Crippen MR) is 107 cm³/mol. The van der Waals surface area contributed by atoms with Gasteiger partial charge in [0.2, 0.25) is 5.78 Å². The number of halogens is 1. The maximum absolute atomic E-state index is 12.5. The van der Waals surface area contributed by atoms with Gasteiger partial charge in [0.05, 0.1) is 17.7 Å². The molecule has 1 aromatic carbocycles. The van der Waals surface area contributed by atoms with E-state index in [4.69, 9.17) is 21.1 Å². The van der Waals surface area contributed by atoms with Gasteiger partial charge >= 0.3 is 5.97 Å². The molecule has 3 aromatic rings. The van der Waals surface area contributed by atoms with Gasteiger partial charge in [-0.2, -0.15) is 0 Å². The second kappa shape index (κ2) is 8.54. The van der Waals surface area contributed by atoms with Crippen molar-refractivity contribution in [3.8, 4) is 0 Å². The van der Waals surface area contributed by atoms with Gasteiger partial charge in [-0.15, -0.1) is 0 Å². The maximum Gasteiger partial charge on any atom is 0.338 e. The molecule has 0 aliphatic rings. The Labute approximate surface area is 168 Å². The summed E-state index contributed by atoms with van der Waals surface area (Å²) in [5.74, 6) is -0.794. The van der Waals surface area contributed by atoms with Crippen LogP contribution in [0.25, 0.3) is 10.9 Å². The predicted octanol–water partition coefficient (Wildman–Crippen LogP) is 3.99. The third kappa shape index (κ3) is 4.24. The van der Waals surface area contributed by atoms with Gasteiger partial charge in [0, 0.05) is 36.0 Å². The van der Waals surface area contributed by atoms with Crippen molar-refractivity contribution >= 4 is 34.3 Å². The summed E-state index contributed by atoms with van der Waals surface area (Å²) >= 11 is 5.87. The Morgan fingerprint density at radius 3 is 2.68 bits per heavy atom. The molecular formula is C21H21ClN2O4. The fraction of sp³-hybridized carbons (Fsp3) is 0.286. The van der Waals surface area contributed by atoms with Crippen LogP contribution >= 0.6 is 11.6 Å². The molecule has 0 N–H and O–H groups in total. The zero-order valence-corrected chi connectivity index (χ0v) is 16.7. The average Bonchev–Trinajstić information content (AvgIpc) is 2.97. The number of methoxy groups -OCH3 is 1. The van der Waals surface area contributed by atoms with E-state index >= 15 is 0 Å². The summed E-state index contributed by atoms with van der Waals surface area (Å²) in [6.45, 7) is 4.71. The zero-order valence-electron chi connectivity index (χ0n) is 16.0. The van der Waals surface area contributed by atoms with Crippen LogP contribution in [0, 0.1) is 13.8 Å². The van der Waals surface area contributed by atoms with Crippen molar-refractivity contribution < 1.29 is 19.1 Å². The molecule has 0 unspecified atom stereocenters. The molecule has 28 heavy (non-hydrogen) atoms. The van der Waals surface area contributed by atoms with E-state index < -0.39 is 5.97 Å². The Kier molecular flexibility index (Phi) is 6.11. The summed E-state index contributed by atoms with van der Waals surface area (Å²) in [6, 6.07) is 10.2. The molecule has 6 nitrogen and oxygen atoms in total. The number of aromatic nitrogens is 2. The summed E-state index contributed by atoms with van der Waals surface area (Å²) in [6.07, 6.45) is 0. The molecule has 0 spiro atoms. The van der Waals surface area contributed by atoms with Crippen molar-refractivity contribution in [3.05, 3.63) is 64.1 Å². The molecular weight excluding hydrogens is 380 g/mol. The Hall–Kier alpha value is -2.70. The molecule has 2 aromatic heterocycles. The fourth-order valence-electron chi connectivity index (χ4n) is 3.13. The second-order valence-electron chi connectivity index (χ2n) is 6.47. The van der Waals surface area contributed by atoms with Gasteiger partial charge in [-0.05, 0) is 50.2 Å². The standard InChI is InChI=1S/C21H21ClN2O4/c1-13-10-17(14(2)24(13)8-9-27-3)19(25)12-28-21(26)16-4-6-18-15(11-16)5-7-20(22)23-18/h4-7,10-11H,8-9,12H2,1-3H3. The molecule has 146 valence electrons. The number of pyridine rings is 1. The lowest BCUT2D eigenvalue weighted by Gasteiger charge is -2.09. The number of aryl methyl sites for hydroxylation is 1. The minimum atomic E-state index is -0.557. The third-order valence-corrected chi connectivity index (χ3v) is 4.83. The highest BCUT2D eigenvalue weighted by Crippen LogP contribution is 2.19. The molecule has 0 atom stereocenters. The number of fused-ring (bicyclic) bond motifs is 1. The first-order valence-electron chi connectivity index (χ1n) is 8.83. The summed E-state index contributed by atoms with van der Waals surface area (Å²) in [5, 5.41) is 1.16. The molecule has 0 saturated carbocycles. The van der Waals surface area contributed by atoms with E-state index in [2.05, 4.69) is 4.98 Å². The SMILES string of the molecule is COCCn1c(C)cc(C(=O)COC(=O)c2ccc3nc(Cl)ccc3c2)c1C. The van der Waals surface area contributed by atoms with E-state index in [0.717, 1.165) is 16.8 Å². The van der Waals surface area contributed by atoms with E-state index in [0.29, 0.717) is 34.9 Å². The first-order valence-corrected chi connectivity index (χ1v) is 9.21. The lowest BCUT2D eigenvalue weighted by atomic mass is 10.1. The van der Waals surface area contributed by atoms with Crippen LogP contribution in [0.5, 0.6) is 0 Å². The van der Waals surface area contributed by atoms with Crippen LogP contribution in [0.2, 0.25) is 5.15 Å². The number of carbonyl (C=O) groups is 2. The van der Waals surface area contributed by atoms with Gasteiger partial charge in [0.25, 0.3) is 0 Å². The number of hydrogen-bond acceptors (Lipinski definition) is 5. The number of hydrogen-bond donors (Lipinski definition) is 0. The van der Waals surface area contributed by atoms with Gasteiger partial charge in [-0.1, -0.05) is 11.6 Å². The highest BCUT2D eigenvalue weighted by molar-refractivity contribution is 6.29. The quantitative estimate of drug-likeness (QED) is 0.340. The van der Waals surface area contributed by atoms with Gasteiger partial charge in [-0.25, -0.2) is 9.78 Å². The van der Waals surface area contributed by atoms with Gasteiger partial charge < -0.3 is 14.0 Å². The molecule has 7 heteroatoms. The first kappa shape index (κ1) is 20.0. The number of esters is 1. The van der Waals surface area contributed by atoms with Crippen LogP contribution in [0.4, 0.5) is 0 Å². The molecule has 0 aliphatic carbocycles. The number of nitrogens with zero attached hydrogens (tertiary/aromatic N) is 2. The first-order chi connectivity index (χ1) is 13.4. The fourth-order valence-corrected chi connectivity index (χ4v) is 3.28. The van der Waals surface area contributed by atoms with Crippen LogP contribution in [0.1, 0.15) is 32.1 Å². The molecule has 0 aliphatic heterocycles. The summed E-state index contributed by atoms with van der Waals surface area (Å²) < 4.78 is 12.4. The Morgan fingerprint density at radius 1 is 1.14 bits per heavy atom. The van der Waals surface area contributed by atoms with Crippen molar-refractivity contribution in [2.24, 2.45) is 0 Å². The van der Waals surface area contributed by atoms with Gasteiger partial charge in [-0.3, -0.25) is 4.79 Å². The summed E-state index contributed by atoms with van der Waals surface area (Å²) in [4.78, 5) is 29.1.